The lowest BCUT2D eigenvalue weighted by molar-refractivity contribution is -0.125. The minimum atomic E-state index is -0.590. The maximum absolute atomic E-state index is 11.3. The van der Waals surface area contributed by atoms with Crippen molar-refractivity contribution < 1.29 is 19.4 Å². The highest BCUT2D eigenvalue weighted by Crippen LogP contribution is 2.16. The van der Waals surface area contributed by atoms with E-state index in [1.807, 2.05) is 0 Å². The number of rotatable bonds is 6. The molecule has 20 heavy (non-hydrogen) atoms. The van der Waals surface area contributed by atoms with Crippen molar-refractivity contribution in [3.63, 3.8) is 0 Å². The van der Waals surface area contributed by atoms with Crippen LogP contribution in [0.2, 0.25) is 0 Å². The van der Waals surface area contributed by atoms with Gasteiger partial charge in [0, 0.05) is 19.7 Å². The maximum atomic E-state index is 11.3. The Morgan fingerprint density at radius 1 is 1.45 bits per heavy atom. The summed E-state index contributed by atoms with van der Waals surface area (Å²) in [5.41, 5.74) is 0. The molecule has 0 aliphatic carbocycles. The van der Waals surface area contributed by atoms with Gasteiger partial charge >= 0.3 is 0 Å². The molecule has 0 radical (unpaired) electrons. The quantitative estimate of drug-likeness (QED) is 0.462. The summed E-state index contributed by atoms with van der Waals surface area (Å²) in [5.74, 6) is -0.196. The van der Waals surface area contributed by atoms with E-state index in [-0.39, 0.29) is 24.7 Å². The lowest BCUT2D eigenvalue weighted by Gasteiger charge is -2.28. The summed E-state index contributed by atoms with van der Waals surface area (Å²) in [6.45, 7) is 2.85. The molecule has 3 atom stereocenters. The summed E-state index contributed by atoms with van der Waals surface area (Å²) < 4.78 is 10.3. The Labute approximate surface area is 119 Å². The zero-order chi connectivity index (χ0) is 14.4. The van der Waals surface area contributed by atoms with E-state index in [2.05, 4.69) is 16.0 Å². The molecule has 0 aromatic rings. The molecule has 2 rings (SSSR count). The number of amides is 1. The predicted molar refractivity (Wildman–Crippen MR) is 73.4 cm³/mol. The van der Waals surface area contributed by atoms with Gasteiger partial charge in [0.05, 0.1) is 18.8 Å². The summed E-state index contributed by atoms with van der Waals surface area (Å²) >= 11 is 0. The largest absolute Gasteiger partial charge is 0.389 e. The first kappa shape index (κ1) is 15.7. The maximum Gasteiger partial charge on any atom is 0.246 e. The van der Waals surface area contributed by atoms with E-state index in [4.69, 9.17) is 9.47 Å². The van der Waals surface area contributed by atoms with Gasteiger partial charge < -0.3 is 30.5 Å². The third kappa shape index (κ3) is 4.39. The zero-order valence-corrected chi connectivity index (χ0v) is 11.9. The molecule has 0 aromatic carbocycles. The average Bonchev–Trinajstić information content (AvgIpc) is 2.79. The van der Waals surface area contributed by atoms with Gasteiger partial charge in [-0.05, 0) is 25.9 Å². The molecule has 1 amide bonds. The number of nitrogens with one attached hydrogen (secondary N) is 3. The molecule has 2 aliphatic rings. The minimum absolute atomic E-state index is 0.0273. The van der Waals surface area contributed by atoms with Gasteiger partial charge in [0.25, 0.3) is 0 Å². The van der Waals surface area contributed by atoms with Crippen LogP contribution in [0.15, 0.2) is 0 Å². The van der Waals surface area contributed by atoms with E-state index in [0.29, 0.717) is 19.2 Å². The molecule has 7 nitrogen and oxygen atoms in total. The second-order valence-electron chi connectivity index (χ2n) is 5.40. The van der Waals surface area contributed by atoms with E-state index in [9.17, 15) is 9.90 Å². The van der Waals surface area contributed by atoms with Crippen molar-refractivity contribution in [2.45, 2.75) is 37.1 Å². The van der Waals surface area contributed by atoms with Crippen LogP contribution in [0.3, 0.4) is 0 Å². The first-order valence-electron chi connectivity index (χ1n) is 7.22. The standard InChI is InChI=1S/C13H25N3O4/c1-19-8-12(17)15-6-11-13(18)10(7-20-11)16-9-2-4-14-5-3-9/h9-11,13-14,16,18H,2-8H2,1H3,(H,15,17)/t10-,11-,13+/m1/s1. The Balaban J connectivity index is 1.71. The second-order valence-corrected chi connectivity index (χ2v) is 5.40. The molecule has 7 heteroatoms. The van der Waals surface area contributed by atoms with Crippen molar-refractivity contribution in [1.29, 1.82) is 0 Å². The normalized spacial score (nSPS) is 31.4. The van der Waals surface area contributed by atoms with Gasteiger partial charge in [-0.25, -0.2) is 0 Å². The number of carbonyl (C=O) groups is 1. The molecule has 116 valence electrons. The monoisotopic (exact) mass is 287 g/mol. The Hall–Kier alpha value is -0.730. The highest BCUT2D eigenvalue weighted by atomic mass is 16.5. The van der Waals surface area contributed by atoms with Crippen LogP contribution in [0.1, 0.15) is 12.8 Å². The van der Waals surface area contributed by atoms with Gasteiger partial charge in [-0.2, -0.15) is 0 Å². The highest BCUT2D eigenvalue weighted by molar-refractivity contribution is 5.77. The van der Waals surface area contributed by atoms with E-state index in [1.165, 1.54) is 7.11 Å². The van der Waals surface area contributed by atoms with E-state index >= 15 is 0 Å². The number of aliphatic hydroxyl groups is 1. The molecule has 2 fully saturated rings. The molecular weight excluding hydrogens is 262 g/mol. The SMILES string of the molecule is COCC(=O)NC[C@H]1OC[C@@H](NC2CCNCC2)[C@@H]1O. The van der Waals surface area contributed by atoms with Crippen LogP contribution in [0.25, 0.3) is 0 Å². The predicted octanol–water partition coefficient (Wildman–Crippen LogP) is -1.78. The molecule has 0 bridgehead atoms. The fourth-order valence-electron chi connectivity index (χ4n) is 2.70. The summed E-state index contributed by atoms with van der Waals surface area (Å²) in [6.07, 6.45) is 1.19. The number of ether oxygens (including phenoxy) is 2. The number of carbonyl (C=O) groups excluding carboxylic acids is 1. The number of piperidine rings is 1. The van der Waals surface area contributed by atoms with Crippen molar-refractivity contribution in [2.75, 3.05) is 40.0 Å². The third-order valence-corrected chi connectivity index (χ3v) is 3.85. The number of hydrogen-bond donors (Lipinski definition) is 4. The topological polar surface area (TPSA) is 91.9 Å². The van der Waals surface area contributed by atoms with Crippen molar-refractivity contribution in [3.8, 4) is 0 Å². The van der Waals surface area contributed by atoms with Crippen molar-refractivity contribution in [1.82, 2.24) is 16.0 Å². The average molecular weight is 287 g/mol. The van der Waals surface area contributed by atoms with Crippen LogP contribution >= 0.6 is 0 Å². The molecule has 0 saturated carbocycles. The smallest absolute Gasteiger partial charge is 0.246 e. The zero-order valence-electron chi connectivity index (χ0n) is 11.9. The van der Waals surface area contributed by atoms with Gasteiger partial charge in [-0.15, -0.1) is 0 Å². The molecule has 2 saturated heterocycles. The van der Waals surface area contributed by atoms with Gasteiger partial charge in [-0.3, -0.25) is 4.79 Å². The molecule has 2 aliphatic heterocycles. The first-order valence-corrected chi connectivity index (χ1v) is 7.22. The van der Waals surface area contributed by atoms with Crippen LogP contribution < -0.4 is 16.0 Å². The van der Waals surface area contributed by atoms with Gasteiger partial charge in [0.15, 0.2) is 0 Å². The third-order valence-electron chi connectivity index (χ3n) is 3.85. The molecule has 4 N–H and O–H groups in total. The van der Waals surface area contributed by atoms with Gasteiger partial charge in [-0.1, -0.05) is 0 Å². The first-order chi connectivity index (χ1) is 9.70. The molecule has 0 unspecified atom stereocenters. The van der Waals surface area contributed by atoms with Crippen LogP contribution in [0.5, 0.6) is 0 Å². The molecular formula is C13H25N3O4. The number of methoxy groups -OCH3 is 1. The van der Waals surface area contributed by atoms with Crippen LogP contribution in [-0.4, -0.2) is 75.3 Å². The summed E-state index contributed by atoms with van der Waals surface area (Å²) in [7, 11) is 1.47. The fourth-order valence-corrected chi connectivity index (χ4v) is 2.70. The number of hydrogen-bond acceptors (Lipinski definition) is 6. The van der Waals surface area contributed by atoms with Gasteiger partial charge in [0.2, 0.25) is 5.91 Å². The van der Waals surface area contributed by atoms with E-state index in [1.54, 1.807) is 0 Å². The van der Waals surface area contributed by atoms with Crippen LogP contribution in [-0.2, 0) is 14.3 Å². The van der Waals surface area contributed by atoms with Crippen molar-refractivity contribution >= 4 is 5.91 Å². The fraction of sp³-hybridized carbons (Fsp3) is 0.923. The summed E-state index contributed by atoms with van der Waals surface area (Å²) in [5, 5.41) is 19.7. The van der Waals surface area contributed by atoms with Crippen LogP contribution in [0.4, 0.5) is 0 Å². The lowest BCUT2D eigenvalue weighted by Crippen LogP contribution is -2.50. The lowest BCUT2D eigenvalue weighted by atomic mass is 10.0. The molecule has 0 aromatic heterocycles. The Kier molecular flexibility index (Phi) is 6.18. The minimum Gasteiger partial charge on any atom is -0.389 e. The Morgan fingerprint density at radius 3 is 2.90 bits per heavy atom. The Bertz CT molecular complexity index is 310. The van der Waals surface area contributed by atoms with Crippen molar-refractivity contribution in [2.24, 2.45) is 0 Å². The number of aliphatic hydroxyl groups excluding tert-OH is 1. The molecule has 2 heterocycles. The summed E-state index contributed by atoms with van der Waals surface area (Å²) in [6, 6.07) is 0.378. The molecule has 0 spiro atoms. The van der Waals surface area contributed by atoms with Crippen molar-refractivity contribution in [3.05, 3.63) is 0 Å². The second kappa shape index (κ2) is 7.90. The van der Waals surface area contributed by atoms with E-state index in [0.717, 1.165) is 25.9 Å². The van der Waals surface area contributed by atoms with Crippen LogP contribution in [0, 0.1) is 0 Å². The Morgan fingerprint density at radius 2 is 2.20 bits per heavy atom. The van der Waals surface area contributed by atoms with E-state index < -0.39 is 6.10 Å². The van der Waals surface area contributed by atoms with Gasteiger partial charge in [0.1, 0.15) is 12.7 Å². The highest BCUT2D eigenvalue weighted by Gasteiger charge is 2.36. The summed E-state index contributed by atoms with van der Waals surface area (Å²) in [4.78, 5) is 11.3.